The van der Waals surface area contributed by atoms with E-state index in [9.17, 15) is 35.9 Å². The molecule has 1 aliphatic rings. The molecule has 2 rings (SSSR count). The Morgan fingerprint density at radius 3 is 2.32 bits per heavy atom. The van der Waals surface area contributed by atoms with Crippen molar-refractivity contribution < 1.29 is 35.9 Å². The van der Waals surface area contributed by atoms with Gasteiger partial charge in [0.05, 0.1) is 12.5 Å². The predicted molar refractivity (Wildman–Crippen MR) is 87.7 cm³/mol. The first-order valence-electron chi connectivity index (χ1n) is 8.46. The molecule has 1 heterocycles. The quantitative estimate of drug-likeness (QED) is 0.579. The normalized spacial score (nSPS) is 20.9. The van der Waals surface area contributed by atoms with Crippen molar-refractivity contribution in [2.45, 2.75) is 38.5 Å². The Balaban J connectivity index is 1.96. The maximum absolute atomic E-state index is 13.2. The summed E-state index contributed by atoms with van der Waals surface area (Å²) in [6.45, 7) is 2.03. The van der Waals surface area contributed by atoms with E-state index < -0.39 is 60.0 Å². The molecule has 0 spiro atoms. The van der Waals surface area contributed by atoms with Crippen LogP contribution in [0.5, 0.6) is 0 Å². The fourth-order valence-electron chi connectivity index (χ4n) is 2.96. The highest BCUT2D eigenvalue weighted by atomic mass is 19.4. The summed E-state index contributed by atoms with van der Waals surface area (Å²) in [6.07, 6.45) is -4.27. The van der Waals surface area contributed by atoms with Crippen LogP contribution >= 0.6 is 0 Å². The molecule has 2 N–H and O–H groups in total. The molecule has 2 amide bonds. The number of halogens is 6. The third-order valence-electron chi connectivity index (χ3n) is 4.71. The molecule has 2 unspecified atom stereocenters. The number of hydrogen-bond acceptors (Lipinski definition) is 3. The Hall–Kier alpha value is -2.30. The lowest BCUT2D eigenvalue weighted by Gasteiger charge is -2.25. The summed E-state index contributed by atoms with van der Waals surface area (Å²) in [5.41, 5.74) is -0.279. The maximum atomic E-state index is 13.2. The largest absolute Gasteiger partial charge is 0.403 e. The van der Waals surface area contributed by atoms with E-state index in [1.165, 1.54) is 4.90 Å². The van der Waals surface area contributed by atoms with E-state index in [1.54, 1.807) is 6.92 Å². The molecular weight excluding hydrogens is 392 g/mol. The number of hydrogen-bond donors (Lipinski definition) is 2. The van der Waals surface area contributed by atoms with E-state index in [4.69, 9.17) is 0 Å². The second-order valence-electron chi connectivity index (χ2n) is 6.61. The van der Waals surface area contributed by atoms with Crippen LogP contribution in [0.1, 0.15) is 20.3 Å². The van der Waals surface area contributed by atoms with E-state index in [2.05, 4.69) is 10.6 Å². The fraction of sp³-hybridized carbons (Fsp3) is 0.529. The van der Waals surface area contributed by atoms with Crippen molar-refractivity contribution >= 4 is 17.5 Å². The highest BCUT2D eigenvalue weighted by molar-refractivity contribution is 5.94. The molecule has 1 saturated heterocycles. The third kappa shape index (κ3) is 4.94. The molecule has 11 heteroatoms. The number of benzene rings is 1. The average Bonchev–Trinajstić information content (AvgIpc) is 2.98. The number of nitrogens with one attached hydrogen (secondary N) is 2. The average molecular weight is 411 g/mol. The van der Waals surface area contributed by atoms with Gasteiger partial charge >= 0.3 is 6.18 Å². The Bertz CT molecular complexity index is 732. The van der Waals surface area contributed by atoms with Crippen LogP contribution in [-0.4, -0.2) is 48.1 Å². The summed E-state index contributed by atoms with van der Waals surface area (Å²) in [6, 6.07) is -1.25. The molecule has 1 aromatic rings. The molecule has 1 aliphatic heterocycles. The summed E-state index contributed by atoms with van der Waals surface area (Å²) >= 11 is 0. The highest BCUT2D eigenvalue weighted by Crippen LogP contribution is 2.27. The van der Waals surface area contributed by atoms with Gasteiger partial charge in [-0.2, -0.15) is 13.2 Å². The van der Waals surface area contributed by atoms with Crippen molar-refractivity contribution in [3.05, 3.63) is 29.6 Å². The van der Waals surface area contributed by atoms with Gasteiger partial charge in [-0.1, -0.05) is 0 Å². The van der Waals surface area contributed by atoms with E-state index in [1.807, 2.05) is 0 Å². The van der Waals surface area contributed by atoms with Crippen LogP contribution in [0, 0.1) is 23.4 Å². The molecule has 3 atom stereocenters. The minimum absolute atomic E-state index is 0.145. The number of nitrogens with zero attached hydrogens (tertiary/aromatic N) is 1. The number of likely N-dealkylation sites (tertiary alicyclic amines) is 1. The zero-order chi connectivity index (χ0) is 21.2. The van der Waals surface area contributed by atoms with Gasteiger partial charge in [0, 0.05) is 30.4 Å². The van der Waals surface area contributed by atoms with Gasteiger partial charge in [-0.25, -0.2) is 13.2 Å². The Kier molecular flexibility index (Phi) is 6.58. The Morgan fingerprint density at radius 2 is 1.79 bits per heavy atom. The van der Waals surface area contributed by atoms with Crippen molar-refractivity contribution in [2.75, 3.05) is 18.4 Å². The molecule has 0 bridgehead atoms. The summed E-state index contributed by atoms with van der Waals surface area (Å²) in [5.74, 6) is -6.56. The minimum Gasteiger partial charge on any atom is -0.338 e. The van der Waals surface area contributed by atoms with Gasteiger partial charge in [0.25, 0.3) is 0 Å². The molecule has 1 aromatic carbocycles. The predicted octanol–water partition coefficient (Wildman–Crippen LogP) is 2.82. The van der Waals surface area contributed by atoms with Gasteiger partial charge < -0.3 is 10.2 Å². The van der Waals surface area contributed by atoms with Crippen molar-refractivity contribution in [1.29, 1.82) is 0 Å². The van der Waals surface area contributed by atoms with Gasteiger partial charge in [0.2, 0.25) is 11.8 Å². The van der Waals surface area contributed by atoms with Crippen LogP contribution in [-0.2, 0) is 9.59 Å². The van der Waals surface area contributed by atoms with Gasteiger partial charge in [-0.3, -0.25) is 14.9 Å². The van der Waals surface area contributed by atoms with Crippen LogP contribution in [0.25, 0.3) is 0 Å². The summed E-state index contributed by atoms with van der Waals surface area (Å²) in [7, 11) is 0. The van der Waals surface area contributed by atoms with E-state index in [0.29, 0.717) is 12.1 Å². The lowest BCUT2D eigenvalue weighted by Crippen LogP contribution is -2.47. The van der Waals surface area contributed by atoms with Crippen LogP contribution in [0.4, 0.5) is 32.0 Å². The summed E-state index contributed by atoms with van der Waals surface area (Å²) in [5, 5.41) is 4.35. The number of carbonyl (C=O) groups is 2. The Labute approximate surface area is 157 Å². The summed E-state index contributed by atoms with van der Waals surface area (Å²) in [4.78, 5) is 25.8. The molecule has 156 valence electrons. The maximum Gasteiger partial charge on any atom is 0.403 e. The molecule has 0 aliphatic carbocycles. The molecule has 5 nitrogen and oxygen atoms in total. The molecule has 1 fully saturated rings. The first kappa shape index (κ1) is 22.0. The second-order valence-corrected chi connectivity index (χ2v) is 6.61. The monoisotopic (exact) mass is 411 g/mol. The zero-order valence-corrected chi connectivity index (χ0v) is 15.0. The lowest BCUT2D eigenvalue weighted by molar-refractivity contribution is -0.153. The molecule has 0 aromatic heterocycles. The minimum atomic E-state index is -4.49. The first-order valence-corrected chi connectivity index (χ1v) is 8.46. The molecular formula is C17H19F6N3O2. The first-order chi connectivity index (χ1) is 12.9. The number of rotatable bonds is 5. The van der Waals surface area contributed by atoms with Crippen LogP contribution in [0.2, 0.25) is 0 Å². The van der Waals surface area contributed by atoms with Gasteiger partial charge in [-0.15, -0.1) is 0 Å². The Morgan fingerprint density at radius 1 is 1.21 bits per heavy atom. The topological polar surface area (TPSA) is 61.4 Å². The van der Waals surface area contributed by atoms with Gasteiger partial charge in [0.1, 0.15) is 6.04 Å². The number of amides is 2. The molecule has 28 heavy (non-hydrogen) atoms. The number of carbonyl (C=O) groups excluding carboxylic acids is 2. The number of anilines is 1. The highest BCUT2D eigenvalue weighted by Gasteiger charge is 2.40. The molecule has 0 radical (unpaired) electrons. The van der Waals surface area contributed by atoms with Crippen molar-refractivity contribution in [3.8, 4) is 0 Å². The van der Waals surface area contributed by atoms with Crippen molar-refractivity contribution in [2.24, 2.45) is 5.92 Å². The fourth-order valence-corrected chi connectivity index (χ4v) is 2.96. The van der Waals surface area contributed by atoms with Crippen LogP contribution in [0.15, 0.2) is 12.1 Å². The van der Waals surface area contributed by atoms with Gasteiger partial charge in [-0.05, 0) is 20.3 Å². The molecule has 0 saturated carbocycles. The lowest BCUT2D eigenvalue weighted by atomic mass is 10.0. The van der Waals surface area contributed by atoms with E-state index >= 15 is 0 Å². The third-order valence-corrected chi connectivity index (χ3v) is 4.71. The van der Waals surface area contributed by atoms with Crippen LogP contribution < -0.4 is 10.6 Å². The smallest absolute Gasteiger partial charge is 0.338 e. The van der Waals surface area contributed by atoms with Gasteiger partial charge in [0.15, 0.2) is 17.5 Å². The SMILES string of the molecule is CC(NCC(=O)N1CCC(C(=O)Nc2cc(F)c(F)c(F)c2)[C@@H]1C)C(F)(F)F. The van der Waals surface area contributed by atoms with E-state index in [-0.39, 0.29) is 18.7 Å². The van der Waals surface area contributed by atoms with Crippen LogP contribution in [0.3, 0.4) is 0 Å². The second kappa shape index (κ2) is 8.38. The van der Waals surface area contributed by atoms with E-state index in [0.717, 1.165) is 6.92 Å². The zero-order valence-electron chi connectivity index (χ0n) is 15.0. The summed E-state index contributed by atoms with van der Waals surface area (Å²) < 4.78 is 76.9. The van der Waals surface area contributed by atoms with Crippen molar-refractivity contribution in [3.63, 3.8) is 0 Å². The van der Waals surface area contributed by atoms with Crippen molar-refractivity contribution in [1.82, 2.24) is 10.2 Å². The number of alkyl halides is 3. The standard InChI is InChI=1S/C17H19F6N3O2/c1-8-11(16(28)25-10-5-12(18)15(20)13(19)6-10)3-4-26(8)14(27)7-24-9(2)17(21,22)23/h5-6,8-9,11,24H,3-4,7H2,1-2H3,(H,25,28)/t8-,9?,11?/m0/s1.